The summed E-state index contributed by atoms with van der Waals surface area (Å²) in [5.74, 6) is -1.34. The number of anilines is 1. The molecule has 1 aliphatic carbocycles. The first-order valence-corrected chi connectivity index (χ1v) is 27.3. The Hall–Kier alpha value is -5.15. The summed E-state index contributed by atoms with van der Waals surface area (Å²) in [7, 11) is 0. The minimum absolute atomic E-state index is 0.0539. The molecule has 0 unspecified atom stereocenters. The Labute approximate surface area is 446 Å². The Morgan fingerprint density at radius 3 is 1.89 bits per heavy atom. The van der Waals surface area contributed by atoms with Gasteiger partial charge in [0.25, 0.3) is 17.7 Å². The average molecular weight is 1050 g/mol. The highest BCUT2D eigenvalue weighted by Gasteiger charge is 2.54. The SMILES string of the molecule is Cc1ccc2c(c1)C(C)(C)C1=C3C=C4C=C5C6=[N+](CC[C@H]5O[C@H]4C[C@H]3CCN12)c1ccc(C(=O)NCCOCCOCCOCCOCCOCCOCCOCCOCCC(=O)ON2C(=O)CCC2=O)cc1C6(C)C. The molecular formula is C58H77N4O14+. The minimum Gasteiger partial charge on any atom is -0.378 e. The number of hydroxylamine groups is 2. The van der Waals surface area contributed by atoms with Gasteiger partial charge in [0.05, 0.1) is 130 Å². The fourth-order valence-electron chi connectivity index (χ4n) is 11.6. The van der Waals surface area contributed by atoms with E-state index < -0.39 is 17.8 Å². The third kappa shape index (κ3) is 12.7. The Morgan fingerprint density at radius 2 is 1.28 bits per heavy atom. The second-order valence-corrected chi connectivity index (χ2v) is 21.3. The maximum Gasteiger partial charge on any atom is 0.335 e. The van der Waals surface area contributed by atoms with E-state index in [2.05, 4.69) is 91.9 Å². The number of benzene rings is 2. The summed E-state index contributed by atoms with van der Waals surface area (Å²) >= 11 is 0. The van der Waals surface area contributed by atoms with Crippen molar-refractivity contribution in [3.8, 4) is 0 Å². The van der Waals surface area contributed by atoms with Gasteiger partial charge in [0.15, 0.2) is 12.3 Å². The zero-order chi connectivity index (χ0) is 53.2. The first-order chi connectivity index (χ1) is 36.8. The topological polar surface area (TPSA) is 182 Å². The molecule has 7 aliphatic rings. The van der Waals surface area contributed by atoms with Gasteiger partial charge in [0.1, 0.15) is 0 Å². The van der Waals surface area contributed by atoms with Crippen molar-refractivity contribution in [1.82, 2.24) is 10.4 Å². The van der Waals surface area contributed by atoms with Crippen LogP contribution in [-0.2, 0) is 72.7 Å². The predicted octanol–water partition coefficient (Wildman–Crippen LogP) is 5.73. The van der Waals surface area contributed by atoms with Crippen LogP contribution in [0.5, 0.6) is 0 Å². The molecule has 0 spiro atoms. The maximum atomic E-state index is 13.5. The smallest absolute Gasteiger partial charge is 0.335 e. The lowest BCUT2D eigenvalue weighted by Crippen LogP contribution is -2.46. The number of allylic oxidation sites excluding steroid dienone is 3. The first-order valence-electron chi connectivity index (χ1n) is 27.3. The lowest BCUT2D eigenvalue weighted by molar-refractivity contribution is -0.445. The Balaban J connectivity index is 0.590. The molecule has 2 aromatic carbocycles. The van der Waals surface area contributed by atoms with Crippen molar-refractivity contribution in [3.05, 3.63) is 93.2 Å². The normalized spacial score (nSPS) is 21.6. The van der Waals surface area contributed by atoms with Gasteiger partial charge in [-0.15, -0.1) is 5.06 Å². The summed E-state index contributed by atoms with van der Waals surface area (Å²) < 4.78 is 53.8. The monoisotopic (exact) mass is 1050 g/mol. The van der Waals surface area contributed by atoms with Crippen LogP contribution in [0.25, 0.3) is 0 Å². The van der Waals surface area contributed by atoms with Crippen LogP contribution in [0.3, 0.4) is 0 Å². The molecule has 76 heavy (non-hydrogen) atoms. The van der Waals surface area contributed by atoms with Crippen LogP contribution >= 0.6 is 0 Å². The zero-order valence-electron chi connectivity index (χ0n) is 45.1. The summed E-state index contributed by atoms with van der Waals surface area (Å²) in [6.45, 7) is 20.1. The molecule has 6 heterocycles. The maximum absolute atomic E-state index is 13.5. The molecule has 0 aromatic heterocycles. The van der Waals surface area contributed by atoms with E-state index >= 15 is 0 Å². The fraction of sp³-hybridized carbons (Fsp3) is 0.603. The highest BCUT2D eigenvalue weighted by molar-refractivity contribution is 6.09. The van der Waals surface area contributed by atoms with Crippen LogP contribution in [-0.4, -0.2) is 177 Å². The van der Waals surface area contributed by atoms with Gasteiger partial charge in [-0.2, -0.15) is 4.58 Å². The standard InChI is InChI=1S/C58H76N4O14/c1-39-6-8-47-45(34-39)57(2,3)54-43-35-42-36-44-49(75-50(42)38-40(43)12-16-60(47)54)13-17-61-48-9-7-41(37-46(48)58(4,5)55(44)61)56(66)59-15-19-68-21-23-70-25-27-72-29-31-74-33-32-73-30-28-71-26-24-69-22-20-67-18-14-53(65)76-62-51(63)10-11-52(62)64/h6-9,34-37,40,49-50H,10-33,38H2,1-5H3/p+1/t40-,49-,50+/m1/s1. The number of amides is 3. The van der Waals surface area contributed by atoms with Gasteiger partial charge in [0, 0.05) is 71.9 Å². The lowest BCUT2D eigenvalue weighted by Gasteiger charge is -2.44. The quantitative estimate of drug-likeness (QED) is 0.0592. The predicted molar refractivity (Wildman–Crippen MR) is 281 cm³/mol. The average Bonchev–Trinajstić information content (AvgIpc) is 4.15. The molecule has 0 saturated carbocycles. The van der Waals surface area contributed by atoms with Crippen molar-refractivity contribution in [2.24, 2.45) is 5.92 Å². The van der Waals surface area contributed by atoms with Crippen LogP contribution < -0.4 is 10.2 Å². The van der Waals surface area contributed by atoms with Gasteiger partial charge in [-0.3, -0.25) is 14.4 Å². The van der Waals surface area contributed by atoms with Crippen LogP contribution in [0.2, 0.25) is 0 Å². The molecule has 18 nitrogen and oxygen atoms in total. The van der Waals surface area contributed by atoms with Crippen LogP contribution in [0.4, 0.5) is 11.4 Å². The summed E-state index contributed by atoms with van der Waals surface area (Å²) in [5.41, 5.74) is 13.5. The molecule has 2 aromatic rings. The third-order valence-corrected chi connectivity index (χ3v) is 15.3. The molecule has 3 atom stereocenters. The highest BCUT2D eigenvalue weighted by atomic mass is 16.7. The number of hydrogen-bond acceptors (Lipinski definition) is 15. The number of nitrogens with zero attached hydrogens (tertiary/aromatic N) is 3. The van der Waals surface area contributed by atoms with Crippen molar-refractivity contribution in [3.63, 3.8) is 0 Å². The molecule has 1 fully saturated rings. The van der Waals surface area contributed by atoms with Crippen molar-refractivity contribution >= 4 is 40.8 Å². The lowest BCUT2D eigenvalue weighted by atomic mass is 9.71. The first kappa shape index (κ1) is 55.6. The number of imide groups is 1. The van der Waals surface area contributed by atoms with Gasteiger partial charge >= 0.3 is 5.97 Å². The number of fused-ring (bicyclic) bond motifs is 9. The molecule has 6 aliphatic heterocycles. The number of carbonyl (C=O) groups excluding carboxylic acids is 4. The number of aryl methyl sites for hydroxylation is 1. The Morgan fingerprint density at radius 1 is 0.684 bits per heavy atom. The third-order valence-electron chi connectivity index (χ3n) is 15.3. The van der Waals surface area contributed by atoms with E-state index in [1.165, 1.54) is 56.2 Å². The molecule has 9 rings (SSSR count). The van der Waals surface area contributed by atoms with Crippen LogP contribution in [0.1, 0.15) is 93.3 Å². The van der Waals surface area contributed by atoms with Crippen molar-refractivity contribution in [2.45, 2.75) is 96.2 Å². The zero-order valence-corrected chi connectivity index (χ0v) is 45.1. The van der Waals surface area contributed by atoms with Crippen LogP contribution in [0.15, 0.2) is 71.0 Å². The van der Waals surface area contributed by atoms with Gasteiger partial charge in [-0.05, 0) is 80.5 Å². The van der Waals surface area contributed by atoms with E-state index in [0.29, 0.717) is 116 Å². The summed E-state index contributed by atoms with van der Waals surface area (Å²) in [6, 6.07) is 13.1. The van der Waals surface area contributed by atoms with Crippen molar-refractivity contribution in [2.75, 3.05) is 130 Å². The molecular weight excluding hydrogens is 977 g/mol. The Bertz CT molecular complexity index is 2570. The van der Waals surface area contributed by atoms with E-state index in [1.54, 1.807) is 0 Å². The molecule has 18 heteroatoms. The molecule has 412 valence electrons. The number of nitrogens with one attached hydrogen (secondary N) is 1. The molecule has 1 saturated heterocycles. The van der Waals surface area contributed by atoms with E-state index in [9.17, 15) is 19.2 Å². The van der Waals surface area contributed by atoms with Gasteiger partial charge in [0.2, 0.25) is 5.69 Å². The molecule has 1 N–H and O–H groups in total. The number of rotatable bonds is 29. The van der Waals surface area contributed by atoms with Gasteiger partial charge in [-0.25, -0.2) is 4.79 Å². The second kappa shape index (κ2) is 25.5. The van der Waals surface area contributed by atoms with E-state index in [-0.39, 0.29) is 61.4 Å². The summed E-state index contributed by atoms with van der Waals surface area (Å²) in [4.78, 5) is 55.5. The molecule has 0 bridgehead atoms. The van der Waals surface area contributed by atoms with Crippen LogP contribution in [0, 0.1) is 12.8 Å². The largest absolute Gasteiger partial charge is 0.378 e. The number of carbonyl (C=O) groups is 4. The van der Waals surface area contributed by atoms with E-state index in [1.807, 2.05) is 6.07 Å². The number of hydrogen-bond donors (Lipinski definition) is 1. The fourth-order valence-corrected chi connectivity index (χ4v) is 11.6. The van der Waals surface area contributed by atoms with Gasteiger partial charge in [-0.1, -0.05) is 37.6 Å². The van der Waals surface area contributed by atoms with E-state index in [4.69, 9.17) is 47.5 Å². The van der Waals surface area contributed by atoms with Crippen molar-refractivity contribution < 1.29 is 71.2 Å². The van der Waals surface area contributed by atoms with E-state index in [0.717, 1.165) is 32.4 Å². The second-order valence-electron chi connectivity index (χ2n) is 21.3. The molecule has 0 radical (unpaired) electrons. The van der Waals surface area contributed by atoms with Crippen molar-refractivity contribution in [1.29, 1.82) is 0 Å². The Kier molecular flexibility index (Phi) is 18.7. The molecule has 3 amide bonds. The highest BCUT2D eigenvalue weighted by Crippen LogP contribution is 2.55. The summed E-state index contributed by atoms with van der Waals surface area (Å²) in [5, 5.41) is 3.56. The minimum atomic E-state index is -0.702. The van der Waals surface area contributed by atoms with Gasteiger partial charge < -0.3 is 57.7 Å². The summed E-state index contributed by atoms with van der Waals surface area (Å²) in [6.07, 6.45) is 8.26. The number of ether oxygens (including phenoxy) is 9.